The molecule has 1 aromatic carbocycles. The number of anilines is 1. The molecule has 1 heterocycles. The van der Waals surface area contributed by atoms with Crippen LogP contribution in [0.5, 0.6) is 17.4 Å². The third-order valence-electron chi connectivity index (χ3n) is 2.40. The molecular weight excluding hydrogens is 262 g/mol. The lowest BCUT2D eigenvalue weighted by atomic mass is 10.3. The van der Waals surface area contributed by atoms with Crippen molar-refractivity contribution in [2.75, 3.05) is 20.0 Å². The maximum absolute atomic E-state index is 11.3. The van der Waals surface area contributed by atoms with Crippen LogP contribution >= 0.6 is 0 Å². The van der Waals surface area contributed by atoms with Gasteiger partial charge in [-0.2, -0.15) is 4.98 Å². The molecule has 0 spiro atoms. The van der Waals surface area contributed by atoms with Gasteiger partial charge >= 0.3 is 5.97 Å². The van der Waals surface area contributed by atoms with E-state index in [2.05, 4.69) is 14.7 Å². The molecule has 1 aromatic heterocycles. The van der Waals surface area contributed by atoms with Gasteiger partial charge < -0.3 is 19.9 Å². The van der Waals surface area contributed by atoms with E-state index in [1.54, 1.807) is 18.2 Å². The van der Waals surface area contributed by atoms with Crippen molar-refractivity contribution in [2.45, 2.75) is 0 Å². The SMILES string of the molecule is COC(=O)c1nccc(Oc2cc(N)ccc2OC)n1. The van der Waals surface area contributed by atoms with Gasteiger partial charge in [0.05, 0.1) is 14.2 Å². The van der Waals surface area contributed by atoms with Crippen LogP contribution in [-0.2, 0) is 4.74 Å². The minimum absolute atomic E-state index is 0.0899. The van der Waals surface area contributed by atoms with Crippen LogP contribution < -0.4 is 15.2 Å². The van der Waals surface area contributed by atoms with E-state index in [4.69, 9.17) is 15.2 Å². The van der Waals surface area contributed by atoms with E-state index in [1.807, 2.05) is 0 Å². The summed E-state index contributed by atoms with van der Waals surface area (Å²) in [5.41, 5.74) is 6.21. The van der Waals surface area contributed by atoms with Gasteiger partial charge in [-0.1, -0.05) is 0 Å². The minimum Gasteiger partial charge on any atom is -0.493 e. The number of ether oxygens (including phenoxy) is 3. The highest BCUT2D eigenvalue weighted by Crippen LogP contribution is 2.32. The molecule has 0 aliphatic rings. The van der Waals surface area contributed by atoms with Crippen LogP contribution in [0.2, 0.25) is 0 Å². The molecular formula is C13H13N3O4. The van der Waals surface area contributed by atoms with Crippen molar-refractivity contribution in [2.24, 2.45) is 0 Å². The monoisotopic (exact) mass is 275 g/mol. The fourth-order valence-electron chi connectivity index (χ4n) is 1.47. The number of hydrogen-bond donors (Lipinski definition) is 1. The Morgan fingerprint density at radius 1 is 1.20 bits per heavy atom. The molecule has 0 bridgehead atoms. The first-order chi connectivity index (χ1) is 9.63. The molecule has 0 unspecified atom stereocenters. The van der Waals surface area contributed by atoms with Crippen molar-refractivity contribution in [3.63, 3.8) is 0 Å². The van der Waals surface area contributed by atoms with Crippen molar-refractivity contribution in [3.05, 3.63) is 36.3 Å². The van der Waals surface area contributed by atoms with Crippen molar-refractivity contribution in [1.29, 1.82) is 0 Å². The summed E-state index contributed by atoms with van der Waals surface area (Å²) in [4.78, 5) is 19.1. The first-order valence-electron chi connectivity index (χ1n) is 5.66. The molecule has 20 heavy (non-hydrogen) atoms. The molecule has 2 rings (SSSR count). The summed E-state index contributed by atoms with van der Waals surface area (Å²) in [6.45, 7) is 0. The van der Waals surface area contributed by atoms with Gasteiger partial charge in [-0.05, 0) is 12.1 Å². The van der Waals surface area contributed by atoms with Crippen LogP contribution in [0.3, 0.4) is 0 Å². The Morgan fingerprint density at radius 2 is 2.00 bits per heavy atom. The zero-order chi connectivity index (χ0) is 14.5. The number of benzene rings is 1. The number of hydrogen-bond acceptors (Lipinski definition) is 7. The first-order valence-corrected chi connectivity index (χ1v) is 5.66. The molecule has 0 aliphatic carbocycles. The van der Waals surface area contributed by atoms with Crippen LogP contribution in [0.15, 0.2) is 30.5 Å². The summed E-state index contributed by atoms with van der Waals surface area (Å²) in [6.07, 6.45) is 1.40. The van der Waals surface area contributed by atoms with Gasteiger partial charge in [-0.25, -0.2) is 9.78 Å². The van der Waals surface area contributed by atoms with Crippen molar-refractivity contribution >= 4 is 11.7 Å². The maximum Gasteiger partial charge on any atom is 0.376 e. The molecule has 7 heteroatoms. The van der Waals surface area contributed by atoms with Crippen LogP contribution in [0.25, 0.3) is 0 Å². The number of nitrogen functional groups attached to an aromatic ring is 1. The van der Waals surface area contributed by atoms with Gasteiger partial charge in [0.1, 0.15) is 0 Å². The van der Waals surface area contributed by atoms with Crippen LogP contribution in [0.4, 0.5) is 5.69 Å². The highest BCUT2D eigenvalue weighted by atomic mass is 16.5. The molecule has 2 aromatic rings. The number of methoxy groups -OCH3 is 2. The van der Waals surface area contributed by atoms with Gasteiger partial charge in [-0.15, -0.1) is 0 Å². The lowest BCUT2D eigenvalue weighted by Gasteiger charge is -2.10. The smallest absolute Gasteiger partial charge is 0.376 e. The molecule has 2 N–H and O–H groups in total. The number of carbonyl (C=O) groups excluding carboxylic acids is 1. The van der Waals surface area contributed by atoms with Gasteiger partial charge in [0.2, 0.25) is 11.7 Å². The summed E-state index contributed by atoms with van der Waals surface area (Å²) in [5, 5.41) is 0. The molecule has 0 fully saturated rings. The Kier molecular flexibility index (Phi) is 3.99. The molecule has 0 aliphatic heterocycles. The number of esters is 1. The Balaban J connectivity index is 2.30. The zero-order valence-corrected chi connectivity index (χ0v) is 11.0. The molecule has 0 atom stereocenters. The van der Waals surface area contributed by atoms with Crippen LogP contribution in [0.1, 0.15) is 10.6 Å². The second-order valence-corrected chi connectivity index (χ2v) is 3.72. The van der Waals surface area contributed by atoms with E-state index in [9.17, 15) is 4.79 Å². The summed E-state index contributed by atoms with van der Waals surface area (Å²) >= 11 is 0. The fourth-order valence-corrected chi connectivity index (χ4v) is 1.47. The van der Waals surface area contributed by atoms with E-state index in [1.165, 1.54) is 26.5 Å². The molecule has 104 valence electrons. The molecule has 0 amide bonds. The summed E-state index contributed by atoms with van der Waals surface area (Å²) < 4.78 is 15.2. The fraction of sp³-hybridized carbons (Fsp3) is 0.154. The third kappa shape index (κ3) is 2.94. The van der Waals surface area contributed by atoms with Crippen molar-refractivity contribution < 1.29 is 19.0 Å². The quantitative estimate of drug-likeness (QED) is 0.669. The standard InChI is InChI=1S/C13H13N3O4/c1-18-9-4-3-8(14)7-10(9)20-11-5-6-15-12(16-11)13(17)19-2/h3-7H,14H2,1-2H3. The van der Waals surface area contributed by atoms with E-state index in [0.29, 0.717) is 17.2 Å². The van der Waals surface area contributed by atoms with Gasteiger partial charge in [-0.3, -0.25) is 0 Å². The number of nitrogens with zero attached hydrogens (tertiary/aromatic N) is 2. The predicted molar refractivity (Wildman–Crippen MR) is 70.9 cm³/mol. The van der Waals surface area contributed by atoms with E-state index in [0.717, 1.165) is 0 Å². The summed E-state index contributed by atoms with van der Waals surface area (Å²) in [6, 6.07) is 6.46. The van der Waals surface area contributed by atoms with E-state index < -0.39 is 5.97 Å². The second-order valence-electron chi connectivity index (χ2n) is 3.72. The van der Waals surface area contributed by atoms with E-state index >= 15 is 0 Å². The Morgan fingerprint density at radius 3 is 2.70 bits per heavy atom. The van der Waals surface area contributed by atoms with Gasteiger partial charge in [0.25, 0.3) is 0 Å². The number of aromatic nitrogens is 2. The number of nitrogens with two attached hydrogens (primary N) is 1. The van der Waals surface area contributed by atoms with Gasteiger partial charge in [0, 0.05) is 24.0 Å². The zero-order valence-electron chi connectivity index (χ0n) is 11.0. The molecule has 0 saturated carbocycles. The van der Waals surface area contributed by atoms with Gasteiger partial charge in [0.15, 0.2) is 11.5 Å². The second kappa shape index (κ2) is 5.87. The summed E-state index contributed by atoms with van der Waals surface area (Å²) in [7, 11) is 2.76. The predicted octanol–water partition coefficient (Wildman–Crippen LogP) is 1.65. The van der Waals surface area contributed by atoms with Crippen LogP contribution in [-0.4, -0.2) is 30.2 Å². The Labute approximate surface area is 115 Å². The molecule has 7 nitrogen and oxygen atoms in total. The number of rotatable bonds is 4. The summed E-state index contributed by atoms with van der Waals surface area (Å²) in [5.74, 6) is 0.339. The van der Waals surface area contributed by atoms with Crippen LogP contribution in [0, 0.1) is 0 Å². The maximum atomic E-state index is 11.3. The average molecular weight is 275 g/mol. The highest BCUT2D eigenvalue weighted by Gasteiger charge is 2.12. The van der Waals surface area contributed by atoms with E-state index in [-0.39, 0.29) is 11.7 Å². The Hall–Kier alpha value is -2.83. The normalized spacial score (nSPS) is 9.90. The highest BCUT2D eigenvalue weighted by molar-refractivity contribution is 5.85. The topological polar surface area (TPSA) is 96.6 Å². The van der Waals surface area contributed by atoms with Crippen molar-refractivity contribution in [1.82, 2.24) is 9.97 Å². The van der Waals surface area contributed by atoms with Crippen molar-refractivity contribution in [3.8, 4) is 17.4 Å². The first kappa shape index (κ1) is 13.6. The lowest BCUT2D eigenvalue weighted by molar-refractivity contribution is 0.0585. The number of carbonyl (C=O) groups is 1. The third-order valence-corrected chi connectivity index (χ3v) is 2.40. The average Bonchev–Trinajstić information content (AvgIpc) is 2.47. The molecule has 0 saturated heterocycles. The Bertz CT molecular complexity index is 631. The molecule has 0 radical (unpaired) electrons. The minimum atomic E-state index is -0.644. The lowest BCUT2D eigenvalue weighted by Crippen LogP contribution is -2.07. The largest absolute Gasteiger partial charge is 0.493 e.